The summed E-state index contributed by atoms with van der Waals surface area (Å²) >= 11 is 1.20. The molecule has 9 heteroatoms. The first-order valence-electron chi connectivity index (χ1n) is 8.50. The number of alkyl halides is 3. The van der Waals surface area contributed by atoms with Gasteiger partial charge in [0.15, 0.2) is 5.13 Å². The highest BCUT2D eigenvalue weighted by Gasteiger charge is 2.30. The van der Waals surface area contributed by atoms with Gasteiger partial charge in [0.05, 0.1) is 12.1 Å². The molecule has 0 saturated carbocycles. The summed E-state index contributed by atoms with van der Waals surface area (Å²) in [5.41, 5.74) is -0.172. The number of hydrogen-bond acceptors (Lipinski definition) is 4. The van der Waals surface area contributed by atoms with Crippen molar-refractivity contribution in [2.45, 2.75) is 31.9 Å². The van der Waals surface area contributed by atoms with Crippen LogP contribution in [0.1, 0.15) is 35.3 Å². The van der Waals surface area contributed by atoms with Crippen molar-refractivity contribution in [3.8, 4) is 0 Å². The molecule has 2 amide bonds. The largest absolute Gasteiger partial charge is 0.416 e. The number of rotatable bonds is 5. The number of carbonyl (C=O) groups is 2. The molecule has 0 bridgehead atoms. The summed E-state index contributed by atoms with van der Waals surface area (Å²) in [6, 6.07) is 5.14. The van der Waals surface area contributed by atoms with Crippen LogP contribution < -0.4 is 5.32 Å². The normalized spacial score (nSPS) is 15.1. The second kappa shape index (κ2) is 8.08. The van der Waals surface area contributed by atoms with Crippen LogP contribution in [0, 0.1) is 0 Å². The van der Waals surface area contributed by atoms with Gasteiger partial charge in [0.1, 0.15) is 0 Å². The van der Waals surface area contributed by atoms with Gasteiger partial charge in [0.25, 0.3) is 0 Å². The minimum atomic E-state index is -4.38. The van der Waals surface area contributed by atoms with E-state index in [4.69, 9.17) is 0 Å². The monoisotopic (exact) mass is 397 g/mol. The molecular weight excluding hydrogens is 379 g/mol. The lowest BCUT2D eigenvalue weighted by Gasteiger charge is -2.25. The first kappa shape index (κ1) is 19.3. The number of halogens is 3. The summed E-state index contributed by atoms with van der Waals surface area (Å²) in [6.07, 6.45) is -0.352. The van der Waals surface area contributed by atoms with E-state index in [-0.39, 0.29) is 18.4 Å². The number of benzene rings is 1. The number of nitrogens with zero attached hydrogens (tertiary/aromatic N) is 2. The molecule has 0 unspecified atom stereocenters. The summed E-state index contributed by atoms with van der Waals surface area (Å²) in [6.45, 7) is 0.562. The van der Waals surface area contributed by atoms with Crippen LogP contribution in [0.5, 0.6) is 0 Å². The molecule has 1 aliphatic rings. The highest BCUT2D eigenvalue weighted by molar-refractivity contribution is 7.15. The molecule has 5 nitrogen and oxygen atoms in total. The molecule has 1 fully saturated rings. The maximum Gasteiger partial charge on any atom is 0.416 e. The fourth-order valence-electron chi connectivity index (χ4n) is 2.87. The first-order valence-corrected chi connectivity index (χ1v) is 9.31. The van der Waals surface area contributed by atoms with Crippen LogP contribution >= 0.6 is 11.3 Å². The Morgan fingerprint density at radius 3 is 2.85 bits per heavy atom. The number of likely N-dealkylation sites (tertiary alicyclic amines) is 1. The van der Waals surface area contributed by atoms with Gasteiger partial charge in [0, 0.05) is 30.5 Å². The summed E-state index contributed by atoms with van der Waals surface area (Å²) in [5.74, 6) is -0.356. The van der Waals surface area contributed by atoms with Crippen molar-refractivity contribution in [2.24, 2.45) is 0 Å². The lowest BCUT2D eigenvalue weighted by Crippen LogP contribution is -2.40. The third kappa shape index (κ3) is 5.29. The van der Waals surface area contributed by atoms with Crippen molar-refractivity contribution in [1.29, 1.82) is 0 Å². The van der Waals surface area contributed by atoms with Gasteiger partial charge < -0.3 is 10.2 Å². The van der Waals surface area contributed by atoms with Gasteiger partial charge in [0.2, 0.25) is 11.8 Å². The Hall–Kier alpha value is -2.42. The van der Waals surface area contributed by atoms with E-state index in [1.807, 2.05) is 0 Å². The molecule has 144 valence electrons. The van der Waals surface area contributed by atoms with E-state index < -0.39 is 11.7 Å². The molecule has 0 aliphatic carbocycles. The zero-order valence-corrected chi connectivity index (χ0v) is 15.2. The topological polar surface area (TPSA) is 62.3 Å². The fourth-order valence-corrected chi connectivity index (χ4v) is 3.73. The van der Waals surface area contributed by atoms with Gasteiger partial charge >= 0.3 is 6.18 Å². The second-order valence-corrected chi connectivity index (χ2v) is 7.44. The standard InChI is InChI=1S/C18H18F3N3O2S/c19-18(20,21)13-5-3-4-12(8-13)9-14-10-22-17(27-14)23-15(25)11-24-7-2-1-6-16(24)26/h3-5,8,10H,1-2,6-7,9,11H2,(H,22,23,25). The highest BCUT2D eigenvalue weighted by Crippen LogP contribution is 2.30. The molecule has 1 saturated heterocycles. The van der Waals surface area contributed by atoms with Crippen molar-refractivity contribution < 1.29 is 22.8 Å². The van der Waals surface area contributed by atoms with Crippen molar-refractivity contribution in [1.82, 2.24) is 9.88 Å². The van der Waals surface area contributed by atoms with E-state index in [2.05, 4.69) is 10.3 Å². The van der Waals surface area contributed by atoms with Crippen LogP contribution in [0.15, 0.2) is 30.5 Å². The van der Waals surface area contributed by atoms with Crippen LogP contribution in [-0.4, -0.2) is 34.8 Å². The van der Waals surface area contributed by atoms with E-state index in [0.717, 1.165) is 29.9 Å². The summed E-state index contributed by atoms with van der Waals surface area (Å²) in [5, 5.41) is 3.01. The predicted octanol–water partition coefficient (Wildman–Crippen LogP) is 3.70. The molecule has 2 aromatic rings. The van der Waals surface area contributed by atoms with Gasteiger partial charge in [-0.2, -0.15) is 13.2 Å². The summed E-state index contributed by atoms with van der Waals surface area (Å²) < 4.78 is 38.4. The van der Waals surface area contributed by atoms with E-state index in [1.54, 1.807) is 6.07 Å². The minimum absolute atomic E-state index is 0.0125. The summed E-state index contributed by atoms with van der Waals surface area (Å²) in [4.78, 5) is 30.2. The third-order valence-electron chi connectivity index (χ3n) is 4.19. The Balaban J connectivity index is 1.58. The van der Waals surface area contributed by atoms with Crippen LogP contribution in [0.25, 0.3) is 0 Å². The van der Waals surface area contributed by atoms with Crippen LogP contribution in [0.3, 0.4) is 0 Å². The van der Waals surface area contributed by atoms with Crippen molar-refractivity contribution >= 4 is 28.3 Å². The fraction of sp³-hybridized carbons (Fsp3) is 0.389. The smallest absolute Gasteiger partial charge is 0.333 e. The molecule has 27 heavy (non-hydrogen) atoms. The molecule has 1 N–H and O–H groups in total. The average molecular weight is 397 g/mol. The first-order chi connectivity index (χ1) is 12.8. The number of aromatic nitrogens is 1. The molecule has 0 atom stereocenters. The van der Waals surface area contributed by atoms with Crippen LogP contribution in [0.2, 0.25) is 0 Å². The molecule has 2 heterocycles. The molecular formula is C18H18F3N3O2S. The lowest BCUT2D eigenvalue weighted by atomic mass is 10.1. The number of thiazole rings is 1. The van der Waals surface area contributed by atoms with E-state index >= 15 is 0 Å². The van der Waals surface area contributed by atoms with Crippen molar-refractivity contribution in [2.75, 3.05) is 18.4 Å². The Morgan fingerprint density at radius 2 is 2.11 bits per heavy atom. The Kier molecular flexibility index (Phi) is 5.79. The highest BCUT2D eigenvalue weighted by atomic mass is 32.1. The minimum Gasteiger partial charge on any atom is -0.333 e. The quantitative estimate of drug-likeness (QED) is 0.837. The number of hydrogen-bond donors (Lipinski definition) is 1. The number of piperidine rings is 1. The van der Waals surface area contributed by atoms with Crippen molar-refractivity contribution in [3.63, 3.8) is 0 Å². The number of anilines is 1. The van der Waals surface area contributed by atoms with Crippen molar-refractivity contribution in [3.05, 3.63) is 46.5 Å². The molecule has 0 spiro atoms. The molecule has 0 radical (unpaired) electrons. The molecule has 3 rings (SSSR count). The van der Waals surface area contributed by atoms with Crippen LogP contribution in [-0.2, 0) is 22.2 Å². The van der Waals surface area contributed by atoms with E-state index in [0.29, 0.717) is 30.1 Å². The van der Waals surface area contributed by atoms with Gasteiger partial charge in [-0.3, -0.25) is 9.59 Å². The maximum absolute atomic E-state index is 12.8. The van der Waals surface area contributed by atoms with E-state index in [9.17, 15) is 22.8 Å². The van der Waals surface area contributed by atoms with E-state index in [1.165, 1.54) is 28.5 Å². The number of nitrogens with one attached hydrogen (secondary N) is 1. The second-order valence-electron chi connectivity index (χ2n) is 6.33. The molecule has 1 aliphatic heterocycles. The average Bonchev–Trinajstić information content (AvgIpc) is 3.03. The van der Waals surface area contributed by atoms with Crippen LogP contribution in [0.4, 0.5) is 18.3 Å². The zero-order chi connectivity index (χ0) is 19.4. The maximum atomic E-state index is 12.8. The Bertz CT molecular complexity index is 835. The predicted molar refractivity (Wildman–Crippen MR) is 95.4 cm³/mol. The Labute approximate surface area is 158 Å². The molecule has 1 aromatic heterocycles. The Morgan fingerprint density at radius 1 is 1.30 bits per heavy atom. The number of carbonyl (C=O) groups excluding carboxylic acids is 2. The van der Waals surface area contributed by atoms with Gasteiger partial charge in [-0.1, -0.05) is 18.2 Å². The lowest BCUT2D eigenvalue weighted by molar-refractivity contribution is -0.137. The molecule has 1 aromatic carbocycles. The SMILES string of the molecule is O=C(CN1CCCCC1=O)Nc1ncc(Cc2cccc(C(F)(F)F)c2)s1. The number of amides is 2. The van der Waals surface area contributed by atoms with Gasteiger partial charge in [-0.15, -0.1) is 11.3 Å². The third-order valence-corrected chi connectivity index (χ3v) is 5.10. The zero-order valence-electron chi connectivity index (χ0n) is 14.4. The van der Waals surface area contributed by atoms with Gasteiger partial charge in [-0.05, 0) is 24.5 Å². The summed E-state index contributed by atoms with van der Waals surface area (Å²) in [7, 11) is 0. The van der Waals surface area contributed by atoms with Gasteiger partial charge in [-0.25, -0.2) is 4.98 Å².